The Hall–Kier alpha value is -2.91. The van der Waals surface area contributed by atoms with E-state index in [1.807, 2.05) is 0 Å². The first-order valence-electron chi connectivity index (χ1n) is 6.96. The topological polar surface area (TPSA) is 198 Å². The number of carbonyl (C=O) groups is 5. The summed E-state index contributed by atoms with van der Waals surface area (Å²) in [4.78, 5) is 53.2. The Bertz CT molecular complexity index is 1010. The highest BCUT2D eigenvalue weighted by molar-refractivity contribution is 7.91. The molecule has 2 aliphatic heterocycles. The van der Waals surface area contributed by atoms with Crippen molar-refractivity contribution in [1.29, 1.82) is 0 Å². The van der Waals surface area contributed by atoms with E-state index in [0.29, 0.717) is 0 Å². The Labute approximate surface area is 152 Å². The van der Waals surface area contributed by atoms with Gasteiger partial charge in [-0.15, -0.1) is 0 Å². The van der Waals surface area contributed by atoms with Gasteiger partial charge in [0.05, 0.1) is 0 Å². The van der Waals surface area contributed by atoms with Gasteiger partial charge in [-0.25, -0.2) is 0 Å². The molecule has 0 aromatic rings. The standard InChI is InChI=1S/C12H10N2O11S2/c15-6-3-4-7(16)14(6)5-1-2-8(17)25-12(27(22,23)24)9(26(20)21)10(18)13-11(12)19/h3-4H,1-2,5H2,(H,13,18,19)(H,22,23,24). The van der Waals surface area contributed by atoms with Crippen LogP contribution in [0.3, 0.4) is 0 Å². The van der Waals surface area contributed by atoms with E-state index in [9.17, 15) is 45.4 Å². The molecule has 2 heterocycles. The monoisotopic (exact) mass is 422 g/mol. The quantitative estimate of drug-likeness (QED) is 0.186. The third-order valence-electron chi connectivity index (χ3n) is 3.48. The minimum Gasteiger partial charge on any atom is -0.425 e. The summed E-state index contributed by atoms with van der Waals surface area (Å²) >= 11 is 0. The van der Waals surface area contributed by atoms with Crippen LogP contribution >= 0.6 is 0 Å². The third kappa shape index (κ3) is 3.51. The van der Waals surface area contributed by atoms with Gasteiger partial charge in [0, 0.05) is 25.1 Å². The molecule has 1 saturated heterocycles. The Morgan fingerprint density at radius 2 is 1.74 bits per heavy atom. The van der Waals surface area contributed by atoms with Crippen LogP contribution in [0.5, 0.6) is 0 Å². The lowest BCUT2D eigenvalue weighted by molar-refractivity contribution is -0.154. The number of nitrogens with one attached hydrogen (secondary N) is 1. The second-order valence-corrected chi connectivity index (χ2v) is 7.58. The molecule has 0 aliphatic carbocycles. The number of hydrogen-bond acceptors (Lipinski definition) is 10. The van der Waals surface area contributed by atoms with Crippen LogP contribution in [0.15, 0.2) is 12.2 Å². The summed E-state index contributed by atoms with van der Waals surface area (Å²) in [5.74, 6) is -6.32. The zero-order chi connectivity index (χ0) is 20.6. The van der Waals surface area contributed by atoms with E-state index in [2.05, 4.69) is 4.74 Å². The second-order valence-electron chi connectivity index (χ2n) is 5.18. The van der Waals surface area contributed by atoms with E-state index in [-0.39, 0.29) is 13.0 Å². The van der Waals surface area contributed by atoms with Crippen molar-refractivity contribution >= 4 is 54.9 Å². The number of ether oxygens (including phenoxy) is 1. The number of esters is 1. The lowest BCUT2D eigenvalue weighted by Gasteiger charge is -2.21. The summed E-state index contributed by atoms with van der Waals surface area (Å²) in [5, 5.41) is 1.33. The smallest absolute Gasteiger partial charge is 0.359 e. The predicted molar refractivity (Wildman–Crippen MR) is 82.5 cm³/mol. The van der Waals surface area contributed by atoms with Gasteiger partial charge in [0.25, 0.3) is 23.6 Å². The first-order valence-corrected chi connectivity index (χ1v) is 9.48. The fraction of sp³-hybridized carbons (Fsp3) is 0.333. The van der Waals surface area contributed by atoms with Gasteiger partial charge in [-0.05, 0) is 6.42 Å². The number of rotatable bonds is 6. The van der Waals surface area contributed by atoms with Gasteiger partial charge in [-0.2, -0.15) is 16.8 Å². The van der Waals surface area contributed by atoms with E-state index in [1.54, 1.807) is 0 Å². The van der Waals surface area contributed by atoms with Gasteiger partial charge in [-0.1, -0.05) is 0 Å². The molecule has 0 radical (unpaired) electrons. The molecule has 27 heavy (non-hydrogen) atoms. The summed E-state index contributed by atoms with van der Waals surface area (Å²) < 4.78 is 59.2. The molecule has 0 spiro atoms. The average molecular weight is 422 g/mol. The van der Waals surface area contributed by atoms with Crippen LogP contribution in [0, 0.1) is 0 Å². The zero-order valence-electron chi connectivity index (χ0n) is 13.1. The summed E-state index contributed by atoms with van der Waals surface area (Å²) in [6, 6.07) is 0. The number of carbonyl (C=O) groups excluding carboxylic acids is 5. The average Bonchev–Trinajstić information content (AvgIpc) is 2.97. The molecule has 0 aromatic carbocycles. The van der Waals surface area contributed by atoms with Gasteiger partial charge in [0.1, 0.15) is 0 Å². The lowest BCUT2D eigenvalue weighted by atomic mass is 10.2. The Morgan fingerprint density at radius 3 is 2.22 bits per heavy atom. The van der Waals surface area contributed by atoms with Crippen LogP contribution < -0.4 is 5.32 Å². The largest absolute Gasteiger partial charge is 0.425 e. The van der Waals surface area contributed by atoms with E-state index < -0.39 is 66.2 Å². The molecule has 146 valence electrons. The fourth-order valence-electron chi connectivity index (χ4n) is 2.30. The van der Waals surface area contributed by atoms with E-state index in [4.69, 9.17) is 0 Å². The van der Waals surface area contributed by atoms with Crippen molar-refractivity contribution in [1.82, 2.24) is 10.2 Å². The summed E-state index contributed by atoms with van der Waals surface area (Å²) in [7, 11) is -9.36. The van der Waals surface area contributed by atoms with Crippen LogP contribution in [0.4, 0.5) is 0 Å². The van der Waals surface area contributed by atoms with E-state index >= 15 is 0 Å². The van der Waals surface area contributed by atoms with Gasteiger partial charge in [0.15, 0.2) is 0 Å². The minimum atomic E-state index is -5.73. The number of hydrogen-bond donors (Lipinski definition) is 2. The number of amides is 4. The van der Waals surface area contributed by atoms with Crippen LogP contribution in [0.25, 0.3) is 0 Å². The molecule has 2 rings (SSSR count). The van der Waals surface area contributed by atoms with E-state index in [0.717, 1.165) is 17.1 Å². The van der Waals surface area contributed by atoms with Crippen molar-refractivity contribution in [3.8, 4) is 0 Å². The molecular formula is C12H10N2O11S2. The molecule has 0 bridgehead atoms. The van der Waals surface area contributed by atoms with E-state index in [1.165, 1.54) is 5.32 Å². The van der Waals surface area contributed by atoms with Gasteiger partial charge in [0.2, 0.25) is 15.2 Å². The summed E-state index contributed by atoms with van der Waals surface area (Å²) in [6.45, 7) is -0.256. The fourth-order valence-corrected chi connectivity index (χ4v) is 4.19. The van der Waals surface area contributed by atoms with Crippen LogP contribution in [0.1, 0.15) is 12.8 Å². The molecule has 0 aromatic heterocycles. The maximum absolute atomic E-state index is 11.9. The van der Waals surface area contributed by atoms with Gasteiger partial charge < -0.3 is 4.74 Å². The second kappa shape index (κ2) is 7.01. The van der Waals surface area contributed by atoms with Crippen molar-refractivity contribution in [2.24, 2.45) is 0 Å². The first kappa shape index (κ1) is 20.4. The minimum absolute atomic E-state index is 0.231. The maximum Gasteiger partial charge on any atom is 0.359 e. The molecule has 2 N–H and O–H groups in total. The normalized spacial score (nSPS) is 22.4. The molecule has 2 aliphatic rings. The van der Waals surface area contributed by atoms with Crippen molar-refractivity contribution in [3.63, 3.8) is 0 Å². The molecule has 1 fully saturated rings. The molecule has 0 saturated carbocycles. The maximum atomic E-state index is 11.9. The highest BCUT2D eigenvalue weighted by Gasteiger charge is 2.67. The first-order chi connectivity index (χ1) is 12.4. The van der Waals surface area contributed by atoms with Crippen molar-refractivity contribution < 1.29 is 50.1 Å². The number of imide groups is 2. The predicted octanol–water partition coefficient (Wildman–Crippen LogP) is -3.47. The van der Waals surface area contributed by atoms with Crippen molar-refractivity contribution in [2.75, 3.05) is 6.54 Å². The summed E-state index contributed by atoms with van der Waals surface area (Å²) in [5.41, 5.74) is 0. The van der Waals surface area contributed by atoms with Crippen molar-refractivity contribution in [2.45, 2.75) is 17.8 Å². The molecule has 1 unspecified atom stereocenters. The van der Waals surface area contributed by atoms with Gasteiger partial charge in [-0.3, -0.25) is 38.7 Å². The highest BCUT2D eigenvalue weighted by Crippen LogP contribution is 2.26. The molecule has 4 amide bonds. The molecular weight excluding hydrogens is 412 g/mol. The van der Waals surface area contributed by atoms with Crippen LogP contribution in [-0.2, 0) is 49.1 Å². The Morgan fingerprint density at radius 1 is 1.19 bits per heavy atom. The SMILES string of the molecule is O=C(CCCN1C(=O)C=CC1=O)OC1(S(=O)(=O)O)C(=O)NC(=O)C1=S(=O)=O. The molecule has 13 nitrogen and oxygen atoms in total. The van der Waals surface area contributed by atoms with Gasteiger partial charge >= 0.3 is 21.0 Å². The Kier molecular flexibility index (Phi) is 5.30. The summed E-state index contributed by atoms with van der Waals surface area (Å²) in [6.07, 6.45) is 1.08. The van der Waals surface area contributed by atoms with Crippen LogP contribution in [-0.4, -0.2) is 72.2 Å². The third-order valence-corrected chi connectivity index (χ3v) is 5.62. The highest BCUT2D eigenvalue weighted by atomic mass is 32.2. The lowest BCUT2D eigenvalue weighted by Crippen LogP contribution is -2.54. The van der Waals surface area contributed by atoms with Crippen LogP contribution in [0.2, 0.25) is 0 Å². The zero-order valence-corrected chi connectivity index (χ0v) is 14.7. The number of nitrogens with zero attached hydrogens (tertiary/aromatic N) is 1. The molecule has 1 atom stereocenters. The van der Waals surface area contributed by atoms with Crippen molar-refractivity contribution in [3.05, 3.63) is 12.2 Å². The molecule has 15 heteroatoms. The Balaban J connectivity index is 2.21.